The second kappa shape index (κ2) is 9.82. The lowest BCUT2D eigenvalue weighted by Crippen LogP contribution is -2.40. The van der Waals surface area contributed by atoms with E-state index in [1.165, 1.54) is 24.3 Å². The van der Waals surface area contributed by atoms with E-state index in [1.54, 1.807) is 17.1 Å². The van der Waals surface area contributed by atoms with E-state index in [0.717, 1.165) is 5.56 Å². The highest BCUT2D eigenvalue weighted by Crippen LogP contribution is 2.22. The number of carbonyl (C=O) groups is 2. The number of hydrogen-bond acceptors (Lipinski definition) is 3. The van der Waals surface area contributed by atoms with Crippen molar-refractivity contribution in [2.24, 2.45) is 5.92 Å². The maximum absolute atomic E-state index is 12.4. The number of nitrogens with one attached hydrogen (secondary N) is 1. The number of likely N-dealkylation sites (tertiary alicyclic amines) is 1. The molecule has 0 unspecified atom stereocenters. The average Bonchev–Trinajstić information content (AvgIpc) is 2.74. The number of benzene rings is 2. The molecule has 7 heteroatoms. The fourth-order valence-electron chi connectivity index (χ4n) is 3.16. The smallest absolute Gasteiger partial charge is 0.387 e. The molecule has 1 saturated heterocycles. The van der Waals surface area contributed by atoms with E-state index in [4.69, 9.17) is 0 Å². The lowest BCUT2D eigenvalue weighted by molar-refractivity contribution is -0.130. The zero-order valence-corrected chi connectivity index (χ0v) is 15.8. The van der Waals surface area contributed by atoms with E-state index in [2.05, 4.69) is 10.1 Å². The number of hydrogen-bond donors (Lipinski definition) is 1. The van der Waals surface area contributed by atoms with Gasteiger partial charge in [-0.25, -0.2) is 0 Å². The van der Waals surface area contributed by atoms with Crippen LogP contribution in [0.15, 0.2) is 60.7 Å². The minimum absolute atomic E-state index is 0.0355. The van der Waals surface area contributed by atoms with Crippen molar-refractivity contribution in [2.75, 3.05) is 18.4 Å². The summed E-state index contributed by atoms with van der Waals surface area (Å²) in [7, 11) is 0. The second-order valence-corrected chi connectivity index (χ2v) is 6.74. The van der Waals surface area contributed by atoms with Crippen LogP contribution in [0.1, 0.15) is 18.4 Å². The van der Waals surface area contributed by atoms with Crippen molar-refractivity contribution in [1.29, 1.82) is 0 Å². The van der Waals surface area contributed by atoms with E-state index >= 15 is 0 Å². The van der Waals surface area contributed by atoms with Crippen LogP contribution in [0.4, 0.5) is 14.5 Å². The van der Waals surface area contributed by atoms with Crippen LogP contribution in [0, 0.1) is 5.92 Å². The van der Waals surface area contributed by atoms with Gasteiger partial charge in [-0.2, -0.15) is 8.78 Å². The molecule has 1 aliphatic heterocycles. The van der Waals surface area contributed by atoms with Crippen LogP contribution in [-0.4, -0.2) is 36.4 Å². The molecule has 0 spiro atoms. The van der Waals surface area contributed by atoms with Crippen molar-refractivity contribution in [3.05, 3.63) is 66.2 Å². The van der Waals surface area contributed by atoms with Crippen molar-refractivity contribution < 1.29 is 23.1 Å². The molecular formula is C22H22F2N2O3. The van der Waals surface area contributed by atoms with Crippen LogP contribution in [0.5, 0.6) is 5.75 Å². The molecule has 0 atom stereocenters. The predicted octanol–water partition coefficient (Wildman–Crippen LogP) is 4.18. The summed E-state index contributed by atoms with van der Waals surface area (Å²) < 4.78 is 28.6. The number of nitrogens with zero attached hydrogens (tertiary/aromatic N) is 1. The molecule has 0 radical (unpaired) electrons. The normalized spacial score (nSPS) is 14.9. The van der Waals surface area contributed by atoms with Crippen LogP contribution >= 0.6 is 0 Å². The molecule has 1 aliphatic rings. The molecule has 2 aromatic rings. The number of amides is 2. The number of anilines is 1. The molecule has 152 valence electrons. The van der Waals surface area contributed by atoms with Gasteiger partial charge in [0.25, 0.3) is 0 Å². The second-order valence-electron chi connectivity index (χ2n) is 6.74. The van der Waals surface area contributed by atoms with Crippen molar-refractivity contribution in [3.8, 4) is 5.75 Å². The molecule has 0 saturated carbocycles. The Balaban J connectivity index is 1.46. The highest BCUT2D eigenvalue weighted by Gasteiger charge is 2.26. The van der Waals surface area contributed by atoms with Crippen molar-refractivity contribution in [1.82, 2.24) is 4.90 Å². The fourth-order valence-corrected chi connectivity index (χ4v) is 3.16. The number of ether oxygens (including phenoxy) is 1. The number of alkyl halides is 2. The molecule has 29 heavy (non-hydrogen) atoms. The summed E-state index contributed by atoms with van der Waals surface area (Å²) in [4.78, 5) is 26.5. The molecule has 1 N–H and O–H groups in total. The Hall–Kier alpha value is -3.22. The van der Waals surface area contributed by atoms with Crippen LogP contribution in [0.25, 0.3) is 6.08 Å². The summed E-state index contributed by atoms with van der Waals surface area (Å²) in [5.41, 5.74) is 1.47. The van der Waals surface area contributed by atoms with Gasteiger partial charge in [-0.3, -0.25) is 9.59 Å². The molecule has 2 amide bonds. The summed E-state index contributed by atoms with van der Waals surface area (Å²) in [5.74, 6) is -0.371. The molecule has 2 aromatic carbocycles. The zero-order chi connectivity index (χ0) is 20.6. The first-order chi connectivity index (χ1) is 14.0. The minimum Gasteiger partial charge on any atom is -0.435 e. The maximum Gasteiger partial charge on any atom is 0.387 e. The van der Waals surface area contributed by atoms with E-state index < -0.39 is 6.61 Å². The Morgan fingerprint density at radius 2 is 1.69 bits per heavy atom. The Labute approximate surface area is 168 Å². The summed E-state index contributed by atoms with van der Waals surface area (Å²) in [6.07, 6.45) is 4.48. The fraction of sp³-hybridized carbons (Fsp3) is 0.273. The van der Waals surface area contributed by atoms with Gasteiger partial charge in [-0.05, 0) is 48.7 Å². The van der Waals surface area contributed by atoms with Gasteiger partial charge in [0.2, 0.25) is 11.8 Å². The van der Waals surface area contributed by atoms with Gasteiger partial charge >= 0.3 is 6.61 Å². The molecule has 3 rings (SSSR count). The summed E-state index contributed by atoms with van der Waals surface area (Å²) in [5, 5.41) is 2.78. The van der Waals surface area contributed by atoms with Gasteiger partial charge < -0.3 is 15.0 Å². The molecule has 0 aromatic heterocycles. The number of halogens is 2. The van der Waals surface area contributed by atoms with Gasteiger partial charge in [-0.1, -0.05) is 30.3 Å². The standard InChI is InChI=1S/C22H22F2N2O3/c23-22(24)29-19-9-7-18(8-10-19)25-21(28)17-12-14-26(15-13-17)20(27)11-6-16-4-2-1-3-5-16/h1-11,17,22H,12-15H2,(H,25,28)/b11-6+. The molecule has 5 nitrogen and oxygen atoms in total. The maximum atomic E-state index is 12.4. The number of piperidine rings is 1. The van der Waals surface area contributed by atoms with Gasteiger partial charge in [0.05, 0.1) is 0 Å². The lowest BCUT2D eigenvalue weighted by Gasteiger charge is -2.30. The molecule has 0 bridgehead atoms. The summed E-state index contributed by atoms with van der Waals surface area (Å²) in [6.45, 7) is -1.86. The summed E-state index contributed by atoms with van der Waals surface area (Å²) in [6, 6.07) is 15.4. The largest absolute Gasteiger partial charge is 0.435 e. The minimum atomic E-state index is -2.88. The van der Waals surface area contributed by atoms with Crippen molar-refractivity contribution in [3.63, 3.8) is 0 Å². The molecule has 0 aliphatic carbocycles. The first-order valence-corrected chi connectivity index (χ1v) is 9.39. The van der Waals surface area contributed by atoms with E-state index in [-0.39, 0.29) is 23.5 Å². The topological polar surface area (TPSA) is 58.6 Å². The van der Waals surface area contributed by atoms with E-state index in [1.807, 2.05) is 30.3 Å². The molecule has 1 heterocycles. The van der Waals surface area contributed by atoms with E-state index in [9.17, 15) is 18.4 Å². The van der Waals surface area contributed by atoms with Crippen LogP contribution in [-0.2, 0) is 9.59 Å². The quantitative estimate of drug-likeness (QED) is 0.740. The van der Waals surface area contributed by atoms with Crippen LogP contribution < -0.4 is 10.1 Å². The Kier molecular flexibility index (Phi) is 6.94. The van der Waals surface area contributed by atoms with Crippen LogP contribution in [0.3, 0.4) is 0 Å². The third-order valence-corrected chi connectivity index (χ3v) is 4.74. The Morgan fingerprint density at radius 3 is 2.31 bits per heavy atom. The molecule has 1 fully saturated rings. The van der Waals surface area contributed by atoms with Gasteiger partial charge in [0.15, 0.2) is 0 Å². The highest BCUT2D eigenvalue weighted by molar-refractivity contribution is 5.94. The first-order valence-electron chi connectivity index (χ1n) is 9.39. The van der Waals surface area contributed by atoms with Gasteiger partial charge in [0, 0.05) is 30.8 Å². The summed E-state index contributed by atoms with van der Waals surface area (Å²) >= 11 is 0. The van der Waals surface area contributed by atoms with Crippen molar-refractivity contribution >= 4 is 23.6 Å². The van der Waals surface area contributed by atoms with E-state index in [0.29, 0.717) is 31.6 Å². The third-order valence-electron chi connectivity index (χ3n) is 4.74. The lowest BCUT2D eigenvalue weighted by atomic mass is 9.95. The average molecular weight is 400 g/mol. The van der Waals surface area contributed by atoms with Crippen molar-refractivity contribution in [2.45, 2.75) is 19.5 Å². The van der Waals surface area contributed by atoms with Gasteiger partial charge in [-0.15, -0.1) is 0 Å². The van der Waals surface area contributed by atoms with Crippen LogP contribution in [0.2, 0.25) is 0 Å². The zero-order valence-electron chi connectivity index (χ0n) is 15.8. The third kappa shape index (κ3) is 6.14. The number of rotatable bonds is 6. The SMILES string of the molecule is O=C(Nc1ccc(OC(F)F)cc1)C1CCN(C(=O)/C=C/c2ccccc2)CC1. The highest BCUT2D eigenvalue weighted by atomic mass is 19.3. The Bertz CT molecular complexity index is 846. The molecular weight excluding hydrogens is 378 g/mol. The van der Waals surface area contributed by atoms with Gasteiger partial charge in [0.1, 0.15) is 5.75 Å². The predicted molar refractivity (Wildman–Crippen MR) is 106 cm³/mol. The first kappa shape index (κ1) is 20.5. The Morgan fingerprint density at radius 1 is 1.03 bits per heavy atom. The monoisotopic (exact) mass is 400 g/mol. The number of carbonyl (C=O) groups excluding carboxylic acids is 2.